The first-order chi connectivity index (χ1) is 35.1. The summed E-state index contributed by atoms with van der Waals surface area (Å²) in [7, 11) is 0. The Hall–Kier alpha value is -0.910. The molecule has 4 aliphatic carbocycles. The Balaban J connectivity index is -0.000000263. The zero-order valence-corrected chi connectivity index (χ0v) is 54.0. The van der Waals surface area contributed by atoms with Gasteiger partial charge < -0.3 is 0 Å². The number of alkyl halides is 13. The summed E-state index contributed by atoms with van der Waals surface area (Å²) < 4.78 is 172. The van der Waals surface area contributed by atoms with Gasteiger partial charge in [-0.1, -0.05) is 223 Å². The minimum absolute atomic E-state index is 0.176. The molecule has 0 N–H and O–H groups in total. The van der Waals surface area contributed by atoms with E-state index in [1.807, 2.05) is 55.4 Å². The number of rotatable bonds is 6. The van der Waals surface area contributed by atoms with Crippen molar-refractivity contribution in [3.63, 3.8) is 0 Å². The lowest BCUT2D eigenvalue weighted by molar-refractivity contribution is -0.199. The van der Waals surface area contributed by atoms with Crippen molar-refractivity contribution in [2.24, 2.45) is 93.7 Å². The van der Waals surface area contributed by atoms with Gasteiger partial charge in [-0.05, 0) is 135 Å². The highest BCUT2D eigenvalue weighted by Gasteiger charge is 2.48. The molecule has 472 valence electrons. The van der Waals surface area contributed by atoms with Crippen LogP contribution in [0.1, 0.15) is 291 Å². The first kappa shape index (κ1) is 80.3. The molecule has 12 atom stereocenters. The Bertz CT molecular complexity index is 1400. The van der Waals surface area contributed by atoms with Crippen molar-refractivity contribution >= 4 is 0 Å². The summed E-state index contributed by atoms with van der Waals surface area (Å²) in [5.41, 5.74) is -0.637. The van der Waals surface area contributed by atoms with Crippen molar-refractivity contribution in [1.29, 1.82) is 0 Å². The van der Waals surface area contributed by atoms with Gasteiger partial charge in [0.1, 0.15) is 5.67 Å². The molecule has 0 amide bonds. The molecule has 0 saturated heterocycles. The van der Waals surface area contributed by atoms with Crippen molar-refractivity contribution in [3.05, 3.63) is 0 Å². The van der Waals surface area contributed by atoms with Crippen molar-refractivity contribution in [1.82, 2.24) is 0 Å². The summed E-state index contributed by atoms with van der Waals surface area (Å²) in [5, 5.41) is 0. The zero-order valence-electron chi connectivity index (χ0n) is 56.0. The van der Waals surface area contributed by atoms with Crippen LogP contribution in [0.5, 0.6) is 0 Å². The highest BCUT2D eigenvalue weighted by atomic mass is 19.4. The molecule has 0 aromatic heterocycles. The van der Waals surface area contributed by atoms with Crippen LogP contribution >= 0.6 is 0 Å². The highest BCUT2D eigenvalue weighted by molar-refractivity contribution is 4.84. The van der Waals surface area contributed by atoms with Crippen molar-refractivity contribution in [2.45, 2.75) is 319 Å². The Morgan fingerprint density at radius 2 is 0.805 bits per heavy atom. The van der Waals surface area contributed by atoms with Gasteiger partial charge >= 0.3 is 24.7 Å². The predicted octanol–water partition coefficient (Wildman–Crippen LogP) is 26.0. The third-order valence-corrected chi connectivity index (χ3v) is 16.0. The second-order valence-electron chi connectivity index (χ2n) is 27.5. The van der Waals surface area contributed by atoms with Crippen LogP contribution in [0.2, 0.25) is 0 Å². The molecule has 77 heavy (non-hydrogen) atoms. The third kappa shape index (κ3) is 49.4. The number of hydrogen-bond donors (Lipinski definition) is 0. The van der Waals surface area contributed by atoms with Gasteiger partial charge in [0.15, 0.2) is 0 Å². The zero-order chi connectivity index (χ0) is 64.1. The first-order valence-electron chi connectivity index (χ1n) is 31.0. The summed E-state index contributed by atoms with van der Waals surface area (Å²) in [6, 6.07) is 0. The second-order valence-corrected chi connectivity index (χ2v) is 27.5. The molecule has 4 fully saturated rings. The average Bonchev–Trinajstić information content (AvgIpc) is 3.75. The molecule has 4 saturated carbocycles. The monoisotopic (exact) mass is 1140 g/mol. The Kier molecular flexibility index (Phi) is 42.1. The molecular weight excluding hydrogens is 1020 g/mol. The van der Waals surface area contributed by atoms with Crippen LogP contribution in [0, 0.1) is 93.7 Å². The van der Waals surface area contributed by atoms with E-state index >= 15 is 0 Å². The molecule has 0 aliphatic heterocycles. The van der Waals surface area contributed by atoms with E-state index in [1.165, 1.54) is 39.0 Å². The van der Waals surface area contributed by atoms with Gasteiger partial charge in [-0.25, -0.2) is 4.39 Å². The summed E-state index contributed by atoms with van der Waals surface area (Å²) in [5.74, 6) is 0.156. The minimum Gasteiger partial charge on any atom is -0.245 e. The summed E-state index contributed by atoms with van der Waals surface area (Å²) in [6.07, 6.45) is -2.96. The van der Waals surface area contributed by atoms with Crippen LogP contribution in [-0.4, -0.2) is 30.4 Å². The topological polar surface area (TPSA) is 0 Å². The van der Waals surface area contributed by atoms with Gasteiger partial charge in [0.2, 0.25) is 0 Å². The smallest absolute Gasteiger partial charge is 0.245 e. The van der Waals surface area contributed by atoms with E-state index in [1.54, 1.807) is 41.5 Å². The van der Waals surface area contributed by atoms with Gasteiger partial charge in [-0.3, -0.25) is 0 Å². The molecule has 9 unspecified atom stereocenters. The fraction of sp³-hybridized carbons (Fsp3) is 1.00. The van der Waals surface area contributed by atoms with Crippen LogP contribution < -0.4 is 0 Å². The fourth-order valence-corrected chi connectivity index (χ4v) is 9.66. The van der Waals surface area contributed by atoms with Crippen LogP contribution in [0.4, 0.5) is 57.1 Å². The standard InChI is InChI=1S/2C9H15F3.C8H13F3.C8H16.C6H11F3.C6H13F.3C6H14/c1-6-3-7(2)5-8(4-6)9(10,11)12;1-6-4-3-5-8(7(6)2)9(10,11)12;1-5-3-6(2)7(4-5)8(9,10)11;1-6-4-5-7(2)8(6)3;1-3-4-5(2)6(7,8)9;1-4-5-6(2,3)7;2*1-5-6(2,3)4;1-4-5-6(2)3/h2*6-8H,3-5H2,1-2H3;5-7H,3-4H2,1-2H3;6-8H,4-5H2,1-3H3;5H,3-4H2,1-2H3;4-5H2,1-3H3;2*5H2,1-4H3;6H,4-5H2,1-3H3/t6-,7?,8?;6?,7-,8?;5-,6?,7?;;;;;;/m010....../s1/i;;;;;;5D2;;. The summed E-state index contributed by atoms with van der Waals surface area (Å²) in [4.78, 5) is 0. The Labute approximate surface area is 471 Å². The molecule has 0 aromatic rings. The van der Waals surface area contributed by atoms with Crippen molar-refractivity contribution in [2.75, 3.05) is 0 Å². The third-order valence-electron chi connectivity index (χ3n) is 16.0. The molecule has 0 aromatic carbocycles. The first-order valence-corrected chi connectivity index (χ1v) is 30.0. The lowest BCUT2D eigenvalue weighted by atomic mass is 9.73. The van der Waals surface area contributed by atoms with Crippen LogP contribution in [0.25, 0.3) is 0 Å². The minimum atomic E-state index is -3.99. The van der Waals surface area contributed by atoms with Gasteiger partial charge in [0, 0.05) is 2.74 Å². The van der Waals surface area contributed by atoms with Gasteiger partial charge in [-0.15, -0.1) is 0 Å². The molecule has 13 heteroatoms. The van der Waals surface area contributed by atoms with Crippen molar-refractivity contribution < 1.29 is 59.8 Å². The van der Waals surface area contributed by atoms with E-state index in [0.29, 0.717) is 43.9 Å². The van der Waals surface area contributed by atoms with E-state index in [9.17, 15) is 57.1 Å². The largest absolute Gasteiger partial charge is 0.392 e. The average molecular weight is 1140 g/mol. The maximum Gasteiger partial charge on any atom is 0.392 e. The molecule has 4 aliphatic rings. The Morgan fingerprint density at radius 3 is 0.974 bits per heavy atom. The molecule has 0 nitrogen and oxygen atoms in total. The fourth-order valence-electron chi connectivity index (χ4n) is 9.66. The summed E-state index contributed by atoms with van der Waals surface area (Å²) in [6.45, 7) is 49.3. The number of hydrogen-bond acceptors (Lipinski definition) is 0. The maximum absolute atomic E-state index is 12.4. The Morgan fingerprint density at radius 1 is 0.429 bits per heavy atom. The normalized spacial score (nSPS) is 28.7. The van der Waals surface area contributed by atoms with Crippen LogP contribution in [0.15, 0.2) is 0 Å². The van der Waals surface area contributed by atoms with E-state index in [4.69, 9.17) is 2.74 Å². The van der Waals surface area contributed by atoms with Crippen molar-refractivity contribution in [3.8, 4) is 0 Å². The van der Waals surface area contributed by atoms with Gasteiger partial charge in [0.25, 0.3) is 0 Å². The maximum atomic E-state index is 12.4. The van der Waals surface area contributed by atoms with E-state index in [2.05, 4.69) is 69.2 Å². The lowest BCUT2D eigenvalue weighted by Crippen LogP contribution is -2.35. The SMILES string of the molecule is CC1CC(C(F)(F)F)C[C@@H](C)C1.CC1CCC(C)C1C.CC1CCCC(C(F)(F)F)[C@@H]1C.CC1C[C@H](C)CC1C(F)(F)F.CCC(C)(C)C.CCCC(C)(C)F.CCCC(C)C.CCCC(C)C(F)(F)F.[2H]C([2H])(C)C(C)(C)C. The predicted molar refractivity (Wildman–Crippen MR) is 307 cm³/mol. The second kappa shape index (κ2) is 40.3. The molecule has 0 spiro atoms. The molecule has 0 heterocycles. The van der Waals surface area contributed by atoms with E-state index in [-0.39, 0.29) is 47.3 Å². The lowest BCUT2D eigenvalue weighted by Gasteiger charge is -2.35. The van der Waals surface area contributed by atoms with E-state index < -0.39 is 60.4 Å². The quantitative estimate of drug-likeness (QED) is 0.233. The molecule has 0 radical (unpaired) electrons. The summed E-state index contributed by atoms with van der Waals surface area (Å²) >= 11 is 0. The molecule has 0 bridgehead atoms. The van der Waals surface area contributed by atoms with Crippen LogP contribution in [-0.2, 0) is 0 Å². The van der Waals surface area contributed by atoms with Gasteiger partial charge in [0.05, 0.1) is 23.7 Å². The molecular formula is C64H125F13. The highest BCUT2D eigenvalue weighted by Crippen LogP contribution is 2.46. The number of halogens is 13. The molecule has 4 rings (SSSR count). The van der Waals surface area contributed by atoms with Crippen LogP contribution in [0.3, 0.4) is 0 Å². The van der Waals surface area contributed by atoms with Gasteiger partial charge in [-0.2, -0.15) is 52.7 Å². The van der Waals surface area contributed by atoms with E-state index in [0.717, 1.165) is 55.8 Å².